The van der Waals surface area contributed by atoms with Gasteiger partial charge in [-0.05, 0) is 45.4 Å². The highest BCUT2D eigenvalue weighted by molar-refractivity contribution is 9.10. The molecule has 0 radical (unpaired) electrons. The number of carbonyl (C=O) groups excluding carboxylic acids is 2. The van der Waals surface area contributed by atoms with Crippen LogP contribution in [-0.2, 0) is 9.53 Å². The van der Waals surface area contributed by atoms with Crippen molar-refractivity contribution < 1.29 is 23.1 Å². The highest BCUT2D eigenvalue weighted by Crippen LogP contribution is 2.30. The molecule has 0 spiro atoms. The highest BCUT2D eigenvalue weighted by Gasteiger charge is 2.43. The minimum absolute atomic E-state index is 0.0543. The lowest BCUT2D eigenvalue weighted by Gasteiger charge is -2.30. The standard InChI is InChI=1S/C21H27BrF2N2O3/c1-5-6-16(14-7-9-15(22)10-8-14)17(25-19(28)29-20(2,3)4)18(27)26-12-11-21(23,24)13-26/h5-10,16-17H,11-13H2,1-4H3,(H,25,28)/b6-5+/t16-,17-/m0/s1. The molecule has 0 aromatic heterocycles. The van der Waals surface area contributed by atoms with Crippen molar-refractivity contribution in [2.75, 3.05) is 13.1 Å². The molecule has 5 nitrogen and oxygen atoms in total. The smallest absolute Gasteiger partial charge is 0.408 e. The molecule has 8 heteroatoms. The van der Waals surface area contributed by atoms with Gasteiger partial charge in [0.1, 0.15) is 11.6 Å². The number of carbonyl (C=O) groups is 2. The molecule has 1 N–H and O–H groups in total. The van der Waals surface area contributed by atoms with Crippen LogP contribution in [0.5, 0.6) is 0 Å². The number of benzene rings is 1. The largest absolute Gasteiger partial charge is 0.444 e. The van der Waals surface area contributed by atoms with Crippen LogP contribution in [0.4, 0.5) is 13.6 Å². The summed E-state index contributed by atoms with van der Waals surface area (Å²) in [5.74, 6) is -4.01. The Kier molecular flexibility index (Phi) is 7.43. The predicted molar refractivity (Wildman–Crippen MR) is 111 cm³/mol. The Labute approximate surface area is 178 Å². The quantitative estimate of drug-likeness (QED) is 0.621. The second-order valence-electron chi connectivity index (χ2n) is 8.09. The van der Waals surface area contributed by atoms with Gasteiger partial charge in [0.2, 0.25) is 5.91 Å². The zero-order valence-electron chi connectivity index (χ0n) is 17.0. The molecule has 0 aliphatic carbocycles. The lowest BCUT2D eigenvalue weighted by molar-refractivity contribution is -0.134. The number of alkyl halides is 2. The third kappa shape index (κ3) is 6.80. The van der Waals surface area contributed by atoms with Gasteiger partial charge >= 0.3 is 6.09 Å². The molecule has 0 bridgehead atoms. The Hall–Kier alpha value is -1.96. The summed E-state index contributed by atoms with van der Waals surface area (Å²) in [5, 5.41) is 2.62. The number of allylic oxidation sites excluding steroid dienone is 1. The summed E-state index contributed by atoms with van der Waals surface area (Å²) in [7, 11) is 0. The van der Waals surface area contributed by atoms with E-state index in [2.05, 4.69) is 21.2 Å². The van der Waals surface area contributed by atoms with Crippen molar-refractivity contribution in [3.63, 3.8) is 0 Å². The van der Waals surface area contributed by atoms with Gasteiger partial charge < -0.3 is 15.0 Å². The van der Waals surface area contributed by atoms with Crippen LogP contribution in [0.25, 0.3) is 0 Å². The molecule has 2 amide bonds. The van der Waals surface area contributed by atoms with E-state index in [4.69, 9.17) is 4.74 Å². The lowest BCUT2D eigenvalue weighted by atomic mass is 9.90. The Morgan fingerprint density at radius 2 is 1.90 bits per heavy atom. The van der Waals surface area contributed by atoms with E-state index in [9.17, 15) is 18.4 Å². The number of alkyl carbamates (subject to hydrolysis) is 1. The average Bonchev–Trinajstić information content (AvgIpc) is 2.97. The van der Waals surface area contributed by atoms with Crippen molar-refractivity contribution in [2.45, 2.75) is 57.6 Å². The maximum absolute atomic E-state index is 13.7. The van der Waals surface area contributed by atoms with E-state index in [0.29, 0.717) is 0 Å². The average molecular weight is 473 g/mol. The fourth-order valence-electron chi connectivity index (χ4n) is 3.17. The summed E-state index contributed by atoms with van der Waals surface area (Å²) in [4.78, 5) is 26.7. The molecule has 29 heavy (non-hydrogen) atoms. The van der Waals surface area contributed by atoms with Gasteiger partial charge in [0.05, 0.1) is 6.54 Å². The van der Waals surface area contributed by atoms with Crippen molar-refractivity contribution in [3.8, 4) is 0 Å². The zero-order valence-corrected chi connectivity index (χ0v) is 18.6. The molecule has 2 rings (SSSR count). The van der Waals surface area contributed by atoms with Crippen LogP contribution in [0.3, 0.4) is 0 Å². The fourth-order valence-corrected chi connectivity index (χ4v) is 3.43. The maximum atomic E-state index is 13.7. The molecule has 1 fully saturated rings. The second-order valence-corrected chi connectivity index (χ2v) is 9.01. The monoisotopic (exact) mass is 472 g/mol. The minimum Gasteiger partial charge on any atom is -0.444 e. The van der Waals surface area contributed by atoms with E-state index >= 15 is 0 Å². The van der Waals surface area contributed by atoms with Crippen LogP contribution in [0.1, 0.15) is 45.6 Å². The summed E-state index contributed by atoms with van der Waals surface area (Å²) in [6.07, 6.45) is 2.39. The van der Waals surface area contributed by atoms with Crippen molar-refractivity contribution >= 4 is 27.9 Å². The van der Waals surface area contributed by atoms with Gasteiger partial charge in [-0.2, -0.15) is 0 Å². The molecule has 2 atom stereocenters. The molecule has 1 aromatic rings. The molecular weight excluding hydrogens is 446 g/mol. The highest BCUT2D eigenvalue weighted by atomic mass is 79.9. The molecule has 1 aliphatic rings. The first-order chi connectivity index (χ1) is 13.4. The molecule has 0 unspecified atom stereocenters. The van der Waals surface area contributed by atoms with Crippen LogP contribution in [0.2, 0.25) is 0 Å². The third-order valence-corrected chi connectivity index (χ3v) is 4.96. The Bertz CT molecular complexity index is 760. The fraction of sp³-hybridized carbons (Fsp3) is 0.524. The van der Waals surface area contributed by atoms with Crippen LogP contribution in [0, 0.1) is 0 Å². The van der Waals surface area contributed by atoms with Crippen LogP contribution >= 0.6 is 15.9 Å². The molecule has 1 aromatic carbocycles. The number of hydrogen-bond acceptors (Lipinski definition) is 3. The Morgan fingerprint density at radius 3 is 2.38 bits per heavy atom. The van der Waals surface area contributed by atoms with Gasteiger partial charge in [-0.3, -0.25) is 4.79 Å². The SMILES string of the molecule is C/C=C/[C@@H](c1ccc(Br)cc1)[C@H](NC(=O)OC(C)(C)C)C(=O)N1CCC(F)(F)C1. The number of nitrogens with one attached hydrogen (secondary N) is 1. The first-order valence-corrected chi connectivity index (χ1v) is 10.3. The number of rotatable bonds is 5. The predicted octanol–water partition coefficient (Wildman–Crippen LogP) is 4.87. The summed E-state index contributed by atoms with van der Waals surface area (Å²) in [6, 6.07) is 6.22. The minimum atomic E-state index is -2.92. The van der Waals surface area contributed by atoms with Crippen molar-refractivity contribution in [2.24, 2.45) is 0 Å². The number of likely N-dealkylation sites (tertiary alicyclic amines) is 1. The summed E-state index contributed by atoms with van der Waals surface area (Å²) in [6.45, 7) is 6.22. The number of hydrogen-bond donors (Lipinski definition) is 1. The molecular formula is C21H27BrF2N2O3. The van der Waals surface area contributed by atoms with Gasteiger partial charge in [-0.1, -0.05) is 40.2 Å². The van der Waals surface area contributed by atoms with Crippen molar-refractivity contribution in [1.29, 1.82) is 0 Å². The van der Waals surface area contributed by atoms with Crippen molar-refractivity contribution in [1.82, 2.24) is 10.2 Å². The van der Waals surface area contributed by atoms with Gasteiger partial charge in [0.25, 0.3) is 5.92 Å². The molecule has 1 heterocycles. The normalized spacial score (nSPS) is 18.5. The van der Waals surface area contributed by atoms with Gasteiger partial charge in [-0.15, -0.1) is 0 Å². The van der Waals surface area contributed by atoms with E-state index in [1.54, 1.807) is 39.8 Å². The molecule has 1 saturated heterocycles. The van der Waals surface area contributed by atoms with E-state index in [0.717, 1.165) is 14.9 Å². The third-order valence-electron chi connectivity index (χ3n) is 4.43. The zero-order chi connectivity index (χ0) is 21.8. The summed E-state index contributed by atoms with van der Waals surface area (Å²) < 4.78 is 33.6. The summed E-state index contributed by atoms with van der Waals surface area (Å²) >= 11 is 3.37. The maximum Gasteiger partial charge on any atom is 0.408 e. The number of amides is 2. The second kappa shape index (κ2) is 9.24. The van der Waals surface area contributed by atoms with E-state index in [-0.39, 0.29) is 13.0 Å². The molecule has 160 valence electrons. The lowest BCUT2D eigenvalue weighted by Crippen LogP contribution is -2.52. The van der Waals surface area contributed by atoms with Crippen LogP contribution in [-0.4, -0.2) is 47.6 Å². The number of nitrogens with zero attached hydrogens (tertiary/aromatic N) is 1. The van der Waals surface area contributed by atoms with Gasteiger partial charge in [0.15, 0.2) is 0 Å². The molecule has 1 aliphatic heterocycles. The Balaban J connectivity index is 2.36. The van der Waals surface area contributed by atoms with E-state index in [1.807, 2.05) is 24.3 Å². The summed E-state index contributed by atoms with van der Waals surface area (Å²) in [5.41, 5.74) is 0.0122. The first-order valence-electron chi connectivity index (χ1n) is 9.46. The number of ether oxygens (including phenoxy) is 1. The van der Waals surface area contributed by atoms with Crippen LogP contribution in [0.15, 0.2) is 40.9 Å². The number of halogens is 3. The van der Waals surface area contributed by atoms with Crippen molar-refractivity contribution in [3.05, 3.63) is 46.5 Å². The van der Waals surface area contributed by atoms with E-state index < -0.39 is 42.0 Å². The van der Waals surface area contributed by atoms with Crippen LogP contribution < -0.4 is 5.32 Å². The van der Waals surface area contributed by atoms with E-state index in [1.165, 1.54) is 0 Å². The topological polar surface area (TPSA) is 58.6 Å². The van der Waals surface area contributed by atoms with Gasteiger partial charge in [-0.25, -0.2) is 13.6 Å². The molecule has 0 saturated carbocycles. The Morgan fingerprint density at radius 1 is 1.28 bits per heavy atom. The van der Waals surface area contributed by atoms with Gasteiger partial charge in [0, 0.05) is 23.4 Å². The first kappa shape index (κ1) is 23.3.